The summed E-state index contributed by atoms with van der Waals surface area (Å²) in [6.07, 6.45) is 2.18. The van der Waals surface area contributed by atoms with Crippen LogP contribution in [0, 0.1) is 5.92 Å². The van der Waals surface area contributed by atoms with Crippen LogP contribution >= 0.6 is 0 Å². The number of carboxylic acids is 1. The maximum absolute atomic E-state index is 12.7. The molecule has 2 rings (SSSR count). The first-order chi connectivity index (χ1) is 12.8. The Morgan fingerprint density at radius 2 is 1.96 bits per heavy atom. The lowest BCUT2D eigenvalue weighted by Crippen LogP contribution is -2.55. The SMILES string of the molecule is CCC(C)C(N)C(=O)N1CCCC1C(=O)NC(Cc1ccccc1)C(=O)O. The molecule has 4 atom stereocenters. The molecular weight excluding hydrogens is 346 g/mol. The molecule has 0 bridgehead atoms. The van der Waals surface area contributed by atoms with Crippen LogP contribution in [-0.2, 0) is 20.8 Å². The van der Waals surface area contributed by atoms with Gasteiger partial charge in [-0.1, -0.05) is 50.6 Å². The van der Waals surface area contributed by atoms with E-state index in [0.29, 0.717) is 19.4 Å². The molecule has 27 heavy (non-hydrogen) atoms. The number of likely N-dealkylation sites (tertiary alicyclic amines) is 1. The number of carbonyl (C=O) groups excluding carboxylic acids is 2. The highest BCUT2D eigenvalue weighted by molar-refractivity contribution is 5.92. The standard InChI is InChI=1S/C20H29N3O4/c1-3-13(2)17(21)19(25)23-11-7-10-16(23)18(24)22-15(20(26)27)12-14-8-5-4-6-9-14/h4-6,8-9,13,15-17H,3,7,10-12,21H2,1-2H3,(H,22,24)(H,26,27). The second-order valence-corrected chi connectivity index (χ2v) is 7.19. The van der Waals surface area contributed by atoms with Crippen LogP contribution in [0.2, 0.25) is 0 Å². The first-order valence-corrected chi connectivity index (χ1v) is 9.48. The van der Waals surface area contributed by atoms with Gasteiger partial charge in [0, 0.05) is 13.0 Å². The van der Waals surface area contributed by atoms with Gasteiger partial charge in [0.2, 0.25) is 11.8 Å². The van der Waals surface area contributed by atoms with Crippen LogP contribution in [0.25, 0.3) is 0 Å². The van der Waals surface area contributed by atoms with Crippen LogP contribution in [0.5, 0.6) is 0 Å². The van der Waals surface area contributed by atoms with Gasteiger partial charge in [-0.05, 0) is 24.3 Å². The largest absolute Gasteiger partial charge is 0.480 e. The van der Waals surface area contributed by atoms with Crippen LogP contribution in [-0.4, -0.2) is 52.5 Å². The molecule has 0 aromatic heterocycles. The Morgan fingerprint density at radius 3 is 2.56 bits per heavy atom. The number of carbonyl (C=O) groups is 3. The molecule has 148 valence electrons. The molecule has 1 aliphatic rings. The van der Waals surface area contributed by atoms with Gasteiger partial charge >= 0.3 is 5.97 Å². The summed E-state index contributed by atoms with van der Waals surface area (Å²) in [5, 5.41) is 12.1. The summed E-state index contributed by atoms with van der Waals surface area (Å²) in [6, 6.07) is 6.78. The Labute approximate surface area is 159 Å². The first-order valence-electron chi connectivity index (χ1n) is 9.48. The molecule has 4 N–H and O–H groups in total. The number of hydrogen-bond donors (Lipinski definition) is 3. The van der Waals surface area contributed by atoms with Crippen LogP contribution in [0.15, 0.2) is 30.3 Å². The third-order valence-corrected chi connectivity index (χ3v) is 5.28. The van der Waals surface area contributed by atoms with Gasteiger partial charge in [0.1, 0.15) is 12.1 Å². The fraction of sp³-hybridized carbons (Fsp3) is 0.550. The molecule has 7 nitrogen and oxygen atoms in total. The maximum Gasteiger partial charge on any atom is 0.326 e. The van der Waals surface area contributed by atoms with E-state index in [1.54, 1.807) is 0 Å². The van der Waals surface area contributed by atoms with Gasteiger partial charge in [0.25, 0.3) is 0 Å². The molecule has 0 spiro atoms. The van der Waals surface area contributed by atoms with E-state index in [4.69, 9.17) is 5.73 Å². The van der Waals surface area contributed by atoms with Gasteiger partial charge in [0.05, 0.1) is 6.04 Å². The Balaban J connectivity index is 2.05. The lowest BCUT2D eigenvalue weighted by atomic mass is 9.98. The van der Waals surface area contributed by atoms with Crippen molar-refractivity contribution in [3.63, 3.8) is 0 Å². The van der Waals surface area contributed by atoms with Crippen LogP contribution in [0.1, 0.15) is 38.7 Å². The van der Waals surface area contributed by atoms with Crippen molar-refractivity contribution >= 4 is 17.8 Å². The van der Waals surface area contributed by atoms with Crippen molar-refractivity contribution in [1.29, 1.82) is 0 Å². The second kappa shape index (κ2) is 9.50. The number of aliphatic carboxylic acids is 1. The first kappa shape index (κ1) is 20.9. The molecule has 0 saturated carbocycles. The van der Waals surface area contributed by atoms with E-state index in [0.717, 1.165) is 12.0 Å². The van der Waals surface area contributed by atoms with E-state index in [-0.39, 0.29) is 18.2 Å². The molecule has 4 unspecified atom stereocenters. The number of nitrogens with zero attached hydrogens (tertiary/aromatic N) is 1. The molecule has 1 saturated heterocycles. The van der Waals surface area contributed by atoms with Gasteiger partial charge in [-0.15, -0.1) is 0 Å². The summed E-state index contributed by atoms with van der Waals surface area (Å²) in [4.78, 5) is 38.5. The minimum atomic E-state index is -1.10. The Morgan fingerprint density at radius 1 is 1.30 bits per heavy atom. The molecule has 0 aliphatic carbocycles. The van der Waals surface area contributed by atoms with Gasteiger partial charge in [-0.3, -0.25) is 9.59 Å². The number of hydrogen-bond acceptors (Lipinski definition) is 4. The second-order valence-electron chi connectivity index (χ2n) is 7.19. The lowest BCUT2D eigenvalue weighted by Gasteiger charge is -2.29. The van der Waals surface area contributed by atoms with Crippen LogP contribution < -0.4 is 11.1 Å². The summed E-state index contributed by atoms with van der Waals surface area (Å²) < 4.78 is 0. The minimum Gasteiger partial charge on any atom is -0.480 e. The predicted octanol–water partition coefficient (Wildman–Crippen LogP) is 1.16. The number of nitrogens with two attached hydrogens (primary N) is 1. The van der Waals surface area contributed by atoms with Crippen molar-refractivity contribution < 1.29 is 19.5 Å². The fourth-order valence-corrected chi connectivity index (χ4v) is 3.31. The van der Waals surface area contributed by atoms with Crippen LogP contribution in [0.4, 0.5) is 0 Å². The maximum atomic E-state index is 12.7. The third-order valence-electron chi connectivity index (χ3n) is 5.28. The molecule has 1 heterocycles. The van der Waals surface area contributed by atoms with E-state index in [9.17, 15) is 19.5 Å². The Bertz CT molecular complexity index is 664. The number of nitrogens with one attached hydrogen (secondary N) is 1. The Hall–Kier alpha value is -2.41. The zero-order valence-electron chi connectivity index (χ0n) is 15.9. The molecular formula is C20H29N3O4. The normalized spacial score (nSPS) is 20.0. The zero-order valence-corrected chi connectivity index (χ0v) is 15.9. The van der Waals surface area contributed by atoms with Crippen molar-refractivity contribution in [2.45, 2.75) is 57.7 Å². The van der Waals surface area contributed by atoms with Crippen LogP contribution in [0.3, 0.4) is 0 Å². The van der Waals surface area contributed by atoms with Gasteiger partial charge in [-0.2, -0.15) is 0 Å². The monoisotopic (exact) mass is 375 g/mol. The summed E-state index contributed by atoms with van der Waals surface area (Å²) in [5.41, 5.74) is 6.87. The van der Waals surface area contributed by atoms with E-state index in [2.05, 4.69) is 5.32 Å². The number of benzene rings is 1. The molecule has 1 aromatic carbocycles. The fourth-order valence-electron chi connectivity index (χ4n) is 3.31. The van der Waals surface area contributed by atoms with Gasteiger partial charge < -0.3 is 21.1 Å². The van der Waals surface area contributed by atoms with Crippen molar-refractivity contribution in [1.82, 2.24) is 10.2 Å². The summed E-state index contributed by atoms with van der Waals surface area (Å²) in [7, 11) is 0. The lowest BCUT2D eigenvalue weighted by molar-refractivity contribution is -0.144. The minimum absolute atomic E-state index is 0.0201. The smallest absolute Gasteiger partial charge is 0.326 e. The van der Waals surface area contributed by atoms with Crippen molar-refractivity contribution in [2.75, 3.05) is 6.54 Å². The van der Waals surface area contributed by atoms with E-state index in [1.165, 1.54) is 4.90 Å². The molecule has 0 radical (unpaired) electrons. The molecule has 7 heteroatoms. The molecule has 2 amide bonds. The highest BCUT2D eigenvalue weighted by Crippen LogP contribution is 2.21. The van der Waals surface area contributed by atoms with E-state index >= 15 is 0 Å². The zero-order chi connectivity index (χ0) is 20.0. The van der Waals surface area contributed by atoms with Gasteiger partial charge in [0.15, 0.2) is 0 Å². The summed E-state index contributed by atoms with van der Waals surface area (Å²) in [5.74, 6) is -1.75. The topological polar surface area (TPSA) is 113 Å². The third kappa shape index (κ3) is 5.29. The summed E-state index contributed by atoms with van der Waals surface area (Å²) >= 11 is 0. The van der Waals surface area contributed by atoms with E-state index < -0.39 is 30.0 Å². The van der Waals surface area contributed by atoms with Crippen molar-refractivity contribution in [3.8, 4) is 0 Å². The average molecular weight is 375 g/mol. The molecule has 1 aliphatic heterocycles. The highest BCUT2D eigenvalue weighted by Gasteiger charge is 2.38. The van der Waals surface area contributed by atoms with E-state index in [1.807, 2.05) is 44.2 Å². The highest BCUT2D eigenvalue weighted by atomic mass is 16.4. The van der Waals surface area contributed by atoms with Crippen molar-refractivity contribution in [3.05, 3.63) is 35.9 Å². The Kier molecular flexibility index (Phi) is 7.36. The number of amides is 2. The van der Waals surface area contributed by atoms with Gasteiger partial charge in [-0.25, -0.2) is 4.79 Å². The average Bonchev–Trinajstić information content (AvgIpc) is 3.16. The number of carboxylic acid groups (broad SMARTS) is 1. The summed E-state index contributed by atoms with van der Waals surface area (Å²) in [6.45, 7) is 4.35. The molecule has 1 fully saturated rings. The number of rotatable bonds is 8. The predicted molar refractivity (Wildman–Crippen MR) is 102 cm³/mol. The molecule has 1 aromatic rings. The van der Waals surface area contributed by atoms with Crippen molar-refractivity contribution in [2.24, 2.45) is 11.7 Å². The quantitative estimate of drug-likeness (QED) is 0.631.